The molecule has 0 radical (unpaired) electrons. The molecule has 28 heavy (non-hydrogen) atoms. The number of phenols is 1. The molecule has 3 rings (SSSR count). The third-order valence-corrected chi connectivity index (χ3v) is 4.85. The van der Waals surface area contributed by atoms with Gasteiger partial charge in [-0.3, -0.25) is 4.99 Å². The summed E-state index contributed by atoms with van der Waals surface area (Å²) in [6.07, 6.45) is 3.49. The maximum Gasteiger partial charge on any atom is 0.206 e. The topological polar surface area (TPSA) is 59.1 Å². The summed E-state index contributed by atoms with van der Waals surface area (Å²) < 4.78 is 7.27. The lowest BCUT2D eigenvalue weighted by Crippen LogP contribution is -2.12. The SMILES string of the molecule is C=CCN=c1scc(-c2ccc(C)cc2)n1N=Cc1ccc(O)c(OCC)c1. The van der Waals surface area contributed by atoms with Crippen molar-refractivity contribution in [2.24, 2.45) is 10.1 Å². The zero-order chi connectivity index (χ0) is 19.9. The second-order valence-electron chi connectivity index (χ2n) is 6.12. The molecule has 1 N–H and O–H groups in total. The van der Waals surface area contributed by atoms with Gasteiger partial charge >= 0.3 is 0 Å². The van der Waals surface area contributed by atoms with Crippen LogP contribution < -0.4 is 9.54 Å². The molecule has 1 heterocycles. The van der Waals surface area contributed by atoms with E-state index in [0.29, 0.717) is 18.9 Å². The van der Waals surface area contributed by atoms with Gasteiger partial charge in [-0.05, 0) is 37.6 Å². The Kier molecular flexibility index (Phi) is 6.45. The van der Waals surface area contributed by atoms with E-state index >= 15 is 0 Å². The average molecular weight is 394 g/mol. The largest absolute Gasteiger partial charge is 0.504 e. The Morgan fingerprint density at radius 1 is 1.21 bits per heavy atom. The Labute approximate surface area is 168 Å². The molecule has 0 amide bonds. The molecular formula is C22H23N3O2S. The zero-order valence-corrected chi connectivity index (χ0v) is 16.8. The van der Waals surface area contributed by atoms with Gasteiger partial charge in [0, 0.05) is 10.9 Å². The van der Waals surface area contributed by atoms with Crippen LogP contribution in [-0.2, 0) is 0 Å². The molecule has 3 aromatic rings. The number of benzene rings is 2. The maximum absolute atomic E-state index is 9.88. The molecule has 0 atom stereocenters. The number of aromatic hydroxyl groups is 1. The van der Waals surface area contributed by atoms with Crippen molar-refractivity contribution >= 4 is 17.6 Å². The first-order chi connectivity index (χ1) is 13.6. The number of rotatable bonds is 7. The van der Waals surface area contributed by atoms with Crippen LogP contribution in [0.5, 0.6) is 11.5 Å². The van der Waals surface area contributed by atoms with Crippen LogP contribution in [0.4, 0.5) is 0 Å². The molecule has 0 bridgehead atoms. The molecule has 2 aromatic carbocycles. The van der Waals surface area contributed by atoms with Crippen molar-refractivity contribution in [3.63, 3.8) is 0 Å². The van der Waals surface area contributed by atoms with E-state index < -0.39 is 0 Å². The standard InChI is InChI=1S/C22H23N3O2S/c1-4-12-23-22-25(19(15-28-22)18-9-6-16(3)7-10-18)24-14-17-8-11-20(26)21(13-17)27-5-2/h4,6-11,13-15,26H,1,5,12H2,2-3H3. The number of phenolic OH excluding ortho intramolecular Hbond substituents is 1. The fourth-order valence-corrected chi connectivity index (χ4v) is 3.44. The van der Waals surface area contributed by atoms with E-state index in [9.17, 15) is 5.11 Å². The fraction of sp³-hybridized carbons (Fsp3) is 0.182. The van der Waals surface area contributed by atoms with E-state index in [4.69, 9.17) is 4.74 Å². The zero-order valence-electron chi connectivity index (χ0n) is 16.0. The summed E-state index contributed by atoms with van der Waals surface area (Å²) in [7, 11) is 0. The number of thiazole rings is 1. The van der Waals surface area contributed by atoms with E-state index in [0.717, 1.165) is 21.6 Å². The van der Waals surface area contributed by atoms with Crippen LogP contribution in [0.25, 0.3) is 11.3 Å². The van der Waals surface area contributed by atoms with Crippen molar-refractivity contribution in [1.82, 2.24) is 4.68 Å². The summed E-state index contributed by atoms with van der Waals surface area (Å²) >= 11 is 1.53. The Bertz CT molecular complexity index is 1050. The highest BCUT2D eigenvalue weighted by Crippen LogP contribution is 2.26. The number of nitrogens with zero attached hydrogens (tertiary/aromatic N) is 3. The first kappa shape index (κ1) is 19.6. The second-order valence-corrected chi connectivity index (χ2v) is 6.95. The number of aryl methyl sites for hydroxylation is 1. The molecular weight excluding hydrogens is 370 g/mol. The fourth-order valence-electron chi connectivity index (χ4n) is 2.59. The molecule has 0 fully saturated rings. The molecule has 144 valence electrons. The summed E-state index contributed by atoms with van der Waals surface area (Å²) in [5.74, 6) is 0.557. The summed E-state index contributed by atoms with van der Waals surface area (Å²) in [5.41, 5.74) is 4.07. The minimum atomic E-state index is 0.115. The third kappa shape index (κ3) is 4.58. The van der Waals surface area contributed by atoms with E-state index in [1.807, 2.05) is 17.0 Å². The van der Waals surface area contributed by atoms with E-state index in [1.54, 1.807) is 30.5 Å². The maximum atomic E-state index is 9.88. The van der Waals surface area contributed by atoms with Gasteiger partial charge in [0.2, 0.25) is 4.80 Å². The van der Waals surface area contributed by atoms with Crippen molar-refractivity contribution in [2.75, 3.05) is 13.2 Å². The van der Waals surface area contributed by atoms with Gasteiger partial charge in [0.15, 0.2) is 11.5 Å². The van der Waals surface area contributed by atoms with Gasteiger partial charge in [-0.1, -0.05) is 35.9 Å². The third-order valence-electron chi connectivity index (χ3n) is 3.99. The number of hydrogen-bond acceptors (Lipinski definition) is 5. The van der Waals surface area contributed by atoms with Gasteiger partial charge in [-0.25, -0.2) is 4.68 Å². The summed E-state index contributed by atoms with van der Waals surface area (Å²) in [6.45, 7) is 8.68. The minimum absolute atomic E-state index is 0.115. The van der Waals surface area contributed by atoms with Gasteiger partial charge in [0.05, 0.1) is 25.1 Å². The number of ether oxygens (including phenoxy) is 1. The van der Waals surface area contributed by atoms with Crippen molar-refractivity contribution in [1.29, 1.82) is 0 Å². The van der Waals surface area contributed by atoms with Crippen molar-refractivity contribution < 1.29 is 9.84 Å². The smallest absolute Gasteiger partial charge is 0.206 e. The van der Waals surface area contributed by atoms with Crippen LogP contribution in [0.1, 0.15) is 18.1 Å². The Morgan fingerprint density at radius 2 is 2.00 bits per heavy atom. The molecule has 1 aromatic heterocycles. The van der Waals surface area contributed by atoms with E-state index in [1.165, 1.54) is 16.9 Å². The van der Waals surface area contributed by atoms with Gasteiger partial charge in [0.1, 0.15) is 0 Å². The van der Waals surface area contributed by atoms with Crippen LogP contribution in [0, 0.1) is 6.92 Å². The molecule has 0 aliphatic carbocycles. The molecule has 0 spiro atoms. The summed E-state index contributed by atoms with van der Waals surface area (Å²) in [4.78, 5) is 5.33. The normalized spacial score (nSPS) is 11.9. The number of aromatic nitrogens is 1. The van der Waals surface area contributed by atoms with Crippen LogP contribution >= 0.6 is 11.3 Å². The lowest BCUT2D eigenvalue weighted by molar-refractivity contribution is 0.318. The van der Waals surface area contributed by atoms with Crippen LogP contribution in [0.2, 0.25) is 0 Å². The monoisotopic (exact) mass is 393 g/mol. The van der Waals surface area contributed by atoms with Gasteiger partial charge < -0.3 is 9.84 Å². The average Bonchev–Trinajstić information content (AvgIpc) is 3.10. The first-order valence-electron chi connectivity index (χ1n) is 9.01. The molecule has 6 heteroatoms. The molecule has 5 nitrogen and oxygen atoms in total. The molecule has 0 aliphatic heterocycles. The van der Waals surface area contributed by atoms with Gasteiger partial charge in [-0.2, -0.15) is 5.10 Å². The lowest BCUT2D eigenvalue weighted by Gasteiger charge is -2.07. The van der Waals surface area contributed by atoms with Crippen LogP contribution in [0.3, 0.4) is 0 Å². The molecule has 0 aliphatic rings. The number of hydrogen-bond donors (Lipinski definition) is 1. The highest BCUT2D eigenvalue weighted by molar-refractivity contribution is 7.07. The molecule has 0 saturated carbocycles. The second kappa shape index (κ2) is 9.19. The lowest BCUT2D eigenvalue weighted by atomic mass is 10.1. The summed E-state index contributed by atoms with van der Waals surface area (Å²) in [5, 5.41) is 16.6. The van der Waals surface area contributed by atoms with Crippen molar-refractivity contribution in [3.05, 3.63) is 76.4 Å². The van der Waals surface area contributed by atoms with Gasteiger partial charge in [-0.15, -0.1) is 17.9 Å². The Morgan fingerprint density at radius 3 is 2.71 bits per heavy atom. The Balaban J connectivity index is 2.03. The van der Waals surface area contributed by atoms with Crippen LogP contribution in [0.15, 0.2) is 70.6 Å². The predicted molar refractivity (Wildman–Crippen MR) is 115 cm³/mol. The summed E-state index contributed by atoms with van der Waals surface area (Å²) in [6, 6.07) is 13.5. The highest BCUT2D eigenvalue weighted by atomic mass is 32.1. The molecule has 0 unspecified atom stereocenters. The minimum Gasteiger partial charge on any atom is -0.504 e. The van der Waals surface area contributed by atoms with E-state index in [2.05, 4.69) is 47.9 Å². The van der Waals surface area contributed by atoms with Gasteiger partial charge in [0.25, 0.3) is 0 Å². The van der Waals surface area contributed by atoms with E-state index in [-0.39, 0.29) is 5.75 Å². The highest BCUT2D eigenvalue weighted by Gasteiger charge is 2.08. The predicted octanol–water partition coefficient (Wildman–Crippen LogP) is 4.60. The van der Waals surface area contributed by atoms with Crippen molar-refractivity contribution in [3.8, 4) is 22.8 Å². The first-order valence-corrected chi connectivity index (χ1v) is 9.89. The van der Waals surface area contributed by atoms with Crippen LogP contribution in [-0.4, -0.2) is 29.1 Å². The quantitative estimate of drug-likeness (QED) is 0.471. The Hall–Kier alpha value is -3.12. The van der Waals surface area contributed by atoms with Crippen molar-refractivity contribution in [2.45, 2.75) is 13.8 Å². The molecule has 0 saturated heterocycles.